The van der Waals surface area contributed by atoms with E-state index in [1.807, 2.05) is 0 Å². The van der Waals surface area contributed by atoms with Gasteiger partial charge in [0.05, 0.1) is 22.3 Å². The number of phenolic OH excluding ortho intramolecular Hbond substituents is 8. The minimum atomic E-state index is -5.10. The molecule has 12 N–H and O–H groups in total. The van der Waals surface area contributed by atoms with Crippen molar-refractivity contribution in [2.45, 2.75) is 100 Å². The topological polar surface area (TPSA) is 379 Å². The number of hydrogen-bond acceptors (Lipinski definition) is 16. The van der Waals surface area contributed by atoms with E-state index >= 15 is 0 Å². The van der Waals surface area contributed by atoms with Crippen LogP contribution in [0, 0.1) is 0 Å². The van der Waals surface area contributed by atoms with Crippen LogP contribution in [0.25, 0.3) is 0 Å². The molecule has 4 aromatic carbocycles. The van der Waals surface area contributed by atoms with Crippen molar-refractivity contribution in [3.8, 4) is 46.0 Å². The Morgan fingerprint density at radius 1 is 0.312 bits per heavy atom. The Bertz CT molecular complexity index is 2480. The number of hydrogen-bond donors (Lipinski definition) is 12. The van der Waals surface area contributed by atoms with Crippen LogP contribution in [0.3, 0.4) is 0 Å². The first-order valence-corrected chi connectivity index (χ1v) is 25.9. The molecule has 0 aliphatic heterocycles. The summed E-state index contributed by atoms with van der Waals surface area (Å²) in [6, 6.07) is 4.52. The highest BCUT2D eigenvalue weighted by Gasteiger charge is 2.38. The molecule has 24 heteroatoms. The lowest BCUT2D eigenvalue weighted by atomic mass is 9.76. The fourth-order valence-corrected chi connectivity index (χ4v) is 11.4. The molecular formula is C40H48O20S4. The maximum atomic E-state index is 12.4. The smallest absolute Gasteiger partial charge is 0.269 e. The van der Waals surface area contributed by atoms with Crippen molar-refractivity contribution in [2.24, 2.45) is 0 Å². The van der Waals surface area contributed by atoms with E-state index in [1.165, 1.54) is 27.7 Å². The molecule has 0 saturated carbocycles. The van der Waals surface area contributed by atoms with Crippen LogP contribution in [-0.4, -0.2) is 92.7 Å². The third-order valence-corrected chi connectivity index (χ3v) is 14.3. The van der Waals surface area contributed by atoms with Gasteiger partial charge in [0.15, 0.2) is 0 Å². The SMILES string of the molecule is CCC1c2cc(c(O)c(CS(=O)(=O)O)c2O)C(CC)c2cc(c(O)c(CS(=O)(=O)O)c2O)C(CC)c2cc(c(O)c(CS(=O)(=O)O)c2O)C(CC)c2cc1c(O)c(CS(=O)(=O)O)c2O. The van der Waals surface area contributed by atoms with Gasteiger partial charge in [-0.05, 0) is 49.9 Å². The molecule has 0 fully saturated rings. The normalized spacial score (nSPS) is 18.2. The summed E-state index contributed by atoms with van der Waals surface area (Å²) < 4.78 is 139. The van der Waals surface area contributed by atoms with E-state index in [4.69, 9.17) is 0 Å². The van der Waals surface area contributed by atoms with Gasteiger partial charge in [0.1, 0.15) is 69.0 Å². The monoisotopic (exact) mass is 976 g/mol. The van der Waals surface area contributed by atoms with E-state index in [0.29, 0.717) is 0 Å². The molecule has 0 atom stereocenters. The molecule has 0 radical (unpaired) electrons. The van der Waals surface area contributed by atoms with E-state index in [1.54, 1.807) is 0 Å². The second-order valence-electron chi connectivity index (χ2n) is 15.7. The number of fused-ring (bicyclic) bond motifs is 8. The third-order valence-electron chi connectivity index (χ3n) is 11.7. The maximum absolute atomic E-state index is 12.4. The van der Waals surface area contributed by atoms with Crippen LogP contribution in [-0.2, 0) is 63.5 Å². The molecule has 0 amide bonds. The lowest BCUT2D eigenvalue weighted by molar-refractivity contribution is 0.410. The summed E-state index contributed by atoms with van der Waals surface area (Å²) in [6.45, 7) is 5.96. The zero-order chi connectivity index (χ0) is 48.3. The lowest BCUT2D eigenvalue weighted by Gasteiger charge is -2.30. The number of phenols is 8. The Morgan fingerprint density at radius 3 is 0.531 bits per heavy atom. The summed E-state index contributed by atoms with van der Waals surface area (Å²) in [4.78, 5) is 0. The summed E-state index contributed by atoms with van der Waals surface area (Å²) in [7, 11) is -20.4. The molecule has 20 nitrogen and oxygen atoms in total. The second kappa shape index (κ2) is 17.7. The van der Waals surface area contributed by atoms with Crippen molar-refractivity contribution < 1.29 is 92.7 Å². The second-order valence-corrected chi connectivity index (χ2v) is 21.5. The molecule has 5 rings (SSSR count). The van der Waals surface area contributed by atoms with Crippen LogP contribution < -0.4 is 0 Å². The van der Waals surface area contributed by atoms with Crippen LogP contribution in [0.2, 0.25) is 0 Å². The highest BCUT2D eigenvalue weighted by Crippen LogP contribution is 2.55. The van der Waals surface area contributed by atoms with Crippen molar-refractivity contribution in [3.63, 3.8) is 0 Å². The zero-order valence-corrected chi connectivity index (χ0v) is 37.8. The lowest BCUT2D eigenvalue weighted by Crippen LogP contribution is -2.15. The molecule has 4 aromatic rings. The minimum absolute atomic E-state index is 0.182. The highest BCUT2D eigenvalue weighted by atomic mass is 32.2. The Kier molecular flexibility index (Phi) is 13.8. The van der Waals surface area contributed by atoms with Crippen molar-refractivity contribution in [1.29, 1.82) is 0 Å². The van der Waals surface area contributed by atoms with Crippen LogP contribution in [0.4, 0.5) is 0 Å². The molecule has 352 valence electrons. The molecule has 0 unspecified atom stereocenters. The van der Waals surface area contributed by atoms with Crippen molar-refractivity contribution >= 4 is 40.5 Å². The Balaban J connectivity index is 2.18. The maximum Gasteiger partial charge on any atom is 0.269 e. The van der Waals surface area contributed by atoms with Gasteiger partial charge in [0.25, 0.3) is 40.5 Å². The van der Waals surface area contributed by atoms with E-state index in [2.05, 4.69) is 0 Å². The van der Waals surface area contributed by atoms with Gasteiger partial charge in [0.2, 0.25) is 0 Å². The molecule has 8 bridgehead atoms. The fraction of sp³-hybridized carbons (Fsp3) is 0.400. The molecule has 64 heavy (non-hydrogen) atoms. The largest absolute Gasteiger partial charge is 0.507 e. The molecule has 0 spiro atoms. The first-order valence-electron chi connectivity index (χ1n) is 19.5. The Hall–Kier alpha value is -5.08. The summed E-state index contributed by atoms with van der Waals surface area (Å²) >= 11 is 0. The van der Waals surface area contributed by atoms with Crippen molar-refractivity contribution in [3.05, 3.63) is 91.0 Å². The van der Waals surface area contributed by atoms with Gasteiger partial charge < -0.3 is 40.9 Å². The molecule has 0 saturated heterocycles. The number of rotatable bonds is 12. The van der Waals surface area contributed by atoms with E-state index in [9.17, 15) is 92.7 Å². The van der Waals surface area contributed by atoms with Gasteiger partial charge >= 0.3 is 0 Å². The predicted molar refractivity (Wildman–Crippen MR) is 229 cm³/mol. The van der Waals surface area contributed by atoms with Gasteiger partial charge in [-0.2, -0.15) is 33.7 Å². The molecular weight excluding hydrogens is 929 g/mol. The third kappa shape index (κ3) is 9.78. The van der Waals surface area contributed by atoms with Crippen LogP contribution in [0.15, 0.2) is 24.3 Å². The average Bonchev–Trinajstić information content (AvgIpc) is 3.16. The van der Waals surface area contributed by atoms with E-state index in [-0.39, 0.29) is 70.2 Å². The van der Waals surface area contributed by atoms with Gasteiger partial charge in [-0.3, -0.25) is 18.2 Å². The molecule has 0 heterocycles. The Morgan fingerprint density at radius 2 is 0.438 bits per heavy atom. The summed E-state index contributed by atoms with van der Waals surface area (Å²) in [6.07, 6.45) is -0.729. The molecule has 1 aliphatic rings. The van der Waals surface area contributed by atoms with E-state index < -0.39 is 155 Å². The zero-order valence-electron chi connectivity index (χ0n) is 34.5. The van der Waals surface area contributed by atoms with Gasteiger partial charge in [0, 0.05) is 68.2 Å². The highest BCUT2D eigenvalue weighted by molar-refractivity contribution is 7.85. The first-order chi connectivity index (χ1) is 29.4. The quantitative estimate of drug-likeness (QED) is 0.0794. The summed E-state index contributed by atoms with van der Waals surface area (Å²) in [5.74, 6) is -19.1. The molecule has 0 aromatic heterocycles. The molecule has 1 aliphatic carbocycles. The number of aromatic hydroxyl groups is 8. The van der Waals surface area contributed by atoms with Gasteiger partial charge in [-0.25, -0.2) is 0 Å². The van der Waals surface area contributed by atoms with Gasteiger partial charge in [-0.1, -0.05) is 27.7 Å². The van der Waals surface area contributed by atoms with E-state index in [0.717, 1.165) is 24.3 Å². The van der Waals surface area contributed by atoms with Crippen LogP contribution >= 0.6 is 0 Å². The fourth-order valence-electron chi connectivity index (χ4n) is 8.89. The first kappa shape index (κ1) is 49.9. The minimum Gasteiger partial charge on any atom is -0.507 e. The van der Waals surface area contributed by atoms with Crippen LogP contribution in [0.5, 0.6) is 46.0 Å². The average molecular weight is 977 g/mol. The van der Waals surface area contributed by atoms with Gasteiger partial charge in [-0.15, -0.1) is 0 Å². The summed E-state index contributed by atoms with van der Waals surface area (Å²) in [5.41, 5.74) is -5.75. The van der Waals surface area contributed by atoms with Crippen molar-refractivity contribution in [2.75, 3.05) is 0 Å². The standard InChI is InChI=1S/C40H48O20S4/c1-5-17-21-9-23(35(43)29(33(21)41)13-61(49,50)51)18(6-2)25-11-27(39(47)31(37(25)45)15-63(55,56)57)20(8-4)28-12-26(38(46)32(40(28)48)16-64(58,59)60)19(7-3)24-10-22(17)34(42)30(36(24)44)14-62(52,53)54/h9-12,17-20,41-48H,5-8,13-16H2,1-4H3,(H,49,50,51)(H,52,53,54)(H,55,56,57)(H,58,59,60). The van der Waals surface area contributed by atoms with Crippen molar-refractivity contribution in [1.82, 2.24) is 0 Å². The predicted octanol–water partition coefficient (Wildman–Crippen LogP) is 5.36. The Labute approximate surface area is 368 Å². The number of benzene rings is 4. The summed E-state index contributed by atoms with van der Waals surface area (Å²) in [5, 5.41) is 94.5. The van der Waals surface area contributed by atoms with Crippen LogP contribution in [0.1, 0.15) is 144 Å².